The lowest BCUT2D eigenvalue weighted by Crippen LogP contribution is -2.21. The van der Waals surface area contributed by atoms with Crippen molar-refractivity contribution in [1.82, 2.24) is 5.32 Å². The summed E-state index contributed by atoms with van der Waals surface area (Å²) in [5.74, 6) is 0.437. The van der Waals surface area contributed by atoms with Gasteiger partial charge < -0.3 is 14.5 Å². The fourth-order valence-electron chi connectivity index (χ4n) is 3.07. The van der Waals surface area contributed by atoms with Crippen LogP contribution in [-0.4, -0.2) is 13.0 Å². The third kappa shape index (κ3) is 2.09. The van der Waals surface area contributed by atoms with Crippen LogP contribution in [0.3, 0.4) is 0 Å². The SMILES string of the molecule is COc1ccc(C2NC(=O)c3oc4ccc(C)cc4c(=O)c32)cc1. The molecule has 1 aliphatic heterocycles. The zero-order chi connectivity index (χ0) is 16.8. The van der Waals surface area contributed by atoms with Gasteiger partial charge in [-0.1, -0.05) is 23.8 Å². The van der Waals surface area contributed by atoms with E-state index in [4.69, 9.17) is 9.15 Å². The van der Waals surface area contributed by atoms with Gasteiger partial charge in [-0.3, -0.25) is 9.59 Å². The Balaban J connectivity index is 1.93. The van der Waals surface area contributed by atoms with E-state index >= 15 is 0 Å². The van der Waals surface area contributed by atoms with Gasteiger partial charge in [0.2, 0.25) is 5.76 Å². The van der Waals surface area contributed by atoms with Gasteiger partial charge in [-0.15, -0.1) is 0 Å². The highest BCUT2D eigenvalue weighted by molar-refractivity contribution is 5.99. The zero-order valence-electron chi connectivity index (χ0n) is 13.3. The minimum atomic E-state index is -0.514. The molecule has 1 N–H and O–H groups in total. The van der Waals surface area contributed by atoms with Crippen molar-refractivity contribution in [3.63, 3.8) is 0 Å². The van der Waals surface area contributed by atoms with E-state index in [2.05, 4.69) is 5.32 Å². The zero-order valence-corrected chi connectivity index (χ0v) is 13.3. The molecule has 2 heterocycles. The Kier molecular flexibility index (Phi) is 3.16. The molecule has 0 fully saturated rings. The number of ether oxygens (including phenoxy) is 1. The molecule has 120 valence electrons. The summed E-state index contributed by atoms with van der Waals surface area (Å²) in [6.45, 7) is 1.91. The highest BCUT2D eigenvalue weighted by Crippen LogP contribution is 2.31. The van der Waals surface area contributed by atoms with E-state index < -0.39 is 6.04 Å². The number of amides is 1. The molecule has 4 rings (SSSR count). The van der Waals surface area contributed by atoms with Gasteiger partial charge >= 0.3 is 0 Å². The molecular weight excluding hydrogens is 306 g/mol. The molecule has 0 saturated heterocycles. The third-order valence-electron chi connectivity index (χ3n) is 4.30. The molecule has 1 amide bonds. The first-order valence-electron chi connectivity index (χ1n) is 7.60. The molecule has 1 atom stereocenters. The number of benzene rings is 2. The first kappa shape index (κ1) is 14.5. The molecular formula is C19H15NO4. The van der Waals surface area contributed by atoms with Gasteiger partial charge in [0.05, 0.1) is 24.1 Å². The fourth-order valence-corrected chi connectivity index (χ4v) is 3.07. The lowest BCUT2D eigenvalue weighted by molar-refractivity contribution is 0.0938. The Bertz CT molecular complexity index is 1020. The van der Waals surface area contributed by atoms with Gasteiger partial charge in [-0.25, -0.2) is 0 Å². The van der Waals surface area contributed by atoms with Crippen LogP contribution in [0.4, 0.5) is 0 Å². The molecule has 0 spiro atoms. The van der Waals surface area contributed by atoms with E-state index in [1.807, 2.05) is 25.1 Å². The molecule has 5 nitrogen and oxygen atoms in total. The number of methoxy groups -OCH3 is 1. The van der Waals surface area contributed by atoms with Crippen LogP contribution in [0.5, 0.6) is 5.75 Å². The average Bonchev–Trinajstić information content (AvgIpc) is 2.93. The van der Waals surface area contributed by atoms with E-state index in [1.165, 1.54) is 0 Å². The molecule has 1 aliphatic rings. The first-order valence-corrected chi connectivity index (χ1v) is 7.60. The van der Waals surface area contributed by atoms with Gasteiger partial charge in [0.15, 0.2) is 5.43 Å². The second-order valence-corrected chi connectivity index (χ2v) is 5.85. The summed E-state index contributed by atoms with van der Waals surface area (Å²) in [5, 5.41) is 3.32. The van der Waals surface area contributed by atoms with E-state index in [9.17, 15) is 9.59 Å². The van der Waals surface area contributed by atoms with E-state index in [0.717, 1.165) is 11.1 Å². The van der Waals surface area contributed by atoms with Crippen molar-refractivity contribution >= 4 is 16.9 Å². The Morgan fingerprint density at radius 2 is 1.83 bits per heavy atom. The molecule has 0 radical (unpaired) electrons. The monoisotopic (exact) mass is 321 g/mol. The van der Waals surface area contributed by atoms with Gasteiger partial charge in [-0.2, -0.15) is 0 Å². The number of fused-ring (bicyclic) bond motifs is 2. The molecule has 5 heteroatoms. The van der Waals surface area contributed by atoms with Crippen molar-refractivity contribution < 1.29 is 13.9 Å². The molecule has 1 unspecified atom stereocenters. The highest BCUT2D eigenvalue weighted by atomic mass is 16.5. The number of rotatable bonds is 2. The number of hydrogen-bond donors (Lipinski definition) is 1. The number of hydrogen-bond acceptors (Lipinski definition) is 4. The quantitative estimate of drug-likeness (QED) is 0.788. The predicted molar refractivity (Wildman–Crippen MR) is 89.5 cm³/mol. The molecule has 3 aromatic rings. The molecule has 24 heavy (non-hydrogen) atoms. The summed E-state index contributed by atoms with van der Waals surface area (Å²) in [4.78, 5) is 25.2. The lowest BCUT2D eigenvalue weighted by atomic mass is 9.99. The number of nitrogens with one attached hydrogen (secondary N) is 1. The second-order valence-electron chi connectivity index (χ2n) is 5.85. The summed E-state index contributed by atoms with van der Waals surface area (Å²) in [6, 6.07) is 12.1. The van der Waals surface area contributed by atoms with Crippen molar-refractivity contribution in [2.45, 2.75) is 13.0 Å². The summed E-state index contributed by atoms with van der Waals surface area (Å²) < 4.78 is 10.9. The van der Waals surface area contributed by atoms with Gasteiger partial charge in [0.25, 0.3) is 5.91 Å². The summed E-state index contributed by atoms with van der Waals surface area (Å²) in [7, 11) is 1.59. The van der Waals surface area contributed by atoms with Crippen LogP contribution in [0.15, 0.2) is 51.7 Å². The second kappa shape index (κ2) is 5.23. The lowest BCUT2D eigenvalue weighted by Gasteiger charge is -2.12. The number of aryl methyl sites for hydroxylation is 1. The van der Waals surface area contributed by atoms with Crippen LogP contribution in [-0.2, 0) is 0 Å². The summed E-state index contributed by atoms with van der Waals surface area (Å²) in [6.07, 6.45) is 0. The van der Waals surface area contributed by atoms with Crippen LogP contribution in [0.1, 0.15) is 33.3 Å². The van der Waals surface area contributed by atoms with Crippen molar-refractivity contribution in [3.05, 3.63) is 75.1 Å². The molecule has 2 aromatic carbocycles. The van der Waals surface area contributed by atoms with E-state index in [0.29, 0.717) is 22.3 Å². The van der Waals surface area contributed by atoms with Crippen molar-refractivity contribution in [3.8, 4) is 5.75 Å². The predicted octanol–water partition coefficient (Wildman–Crippen LogP) is 2.94. The Morgan fingerprint density at radius 3 is 2.54 bits per heavy atom. The largest absolute Gasteiger partial charge is 0.497 e. The van der Waals surface area contributed by atoms with Crippen LogP contribution in [0, 0.1) is 6.92 Å². The maximum atomic E-state index is 12.9. The summed E-state index contributed by atoms with van der Waals surface area (Å²) in [5.41, 5.74) is 2.39. The fraction of sp³-hybridized carbons (Fsp3) is 0.158. The van der Waals surface area contributed by atoms with Crippen LogP contribution in [0.25, 0.3) is 11.0 Å². The standard InChI is InChI=1S/C19H15NO4/c1-10-3-8-14-13(9-10)17(21)15-16(20-19(22)18(15)24-14)11-4-6-12(23-2)7-5-11/h3-9,16H,1-2H3,(H,20,22). The Labute approximate surface area is 137 Å². The highest BCUT2D eigenvalue weighted by Gasteiger charge is 2.35. The van der Waals surface area contributed by atoms with E-state index in [-0.39, 0.29) is 17.1 Å². The van der Waals surface area contributed by atoms with Crippen LogP contribution >= 0.6 is 0 Å². The van der Waals surface area contributed by atoms with Crippen molar-refractivity contribution in [2.24, 2.45) is 0 Å². The normalized spacial score (nSPS) is 16.1. The molecule has 1 aromatic heterocycles. The maximum Gasteiger partial charge on any atom is 0.288 e. The van der Waals surface area contributed by atoms with Gasteiger partial charge in [-0.05, 0) is 36.8 Å². The average molecular weight is 321 g/mol. The molecule has 0 bridgehead atoms. The third-order valence-corrected chi connectivity index (χ3v) is 4.30. The van der Waals surface area contributed by atoms with Crippen molar-refractivity contribution in [2.75, 3.05) is 7.11 Å². The van der Waals surface area contributed by atoms with Crippen molar-refractivity contribution in [1.29, 1.82) is 0 Å². The smallest absolute Gasteiger partial charge is 0.288 e. The van der Waals surface area contributed by atoms with Crippen LogP contribution in [0.2, 0.25) is 0 Å². The number of carbonyl (C=O) groups excluding carboxylic acids is 1. The van der Waals surface area contributed by atoms with E-state index in [1.54, 1.807) is 31.4 Å². The Hall–Kier alpha value is -3.08. The number of carbonyl (C=O) groups is 1. The maximum absolute atomic E-state index is 12.9. The van der Waals surface area contributed by atoms with Gasteiger partial charge in [0, 0.05) is 0 Å². The minimum absolute atomic E-state index is 0.0946. The molecule has 0 saturated carbocycles. The topological polar surface area (TPSA) is 68.5 Å². The molecule has 0 aliphatic carbocycles. The van der Waals surface area contributed by atoms with Gasteiger partial charge in [0.1, 0.15) is 11.3 Å². The summed E-state index contributed by atoms with van der Waals surface area (Å²) >= 11 is 0. The Morgan fingerprint density at radius 1 is 1.08 bits per heavy atom. The first-order chi connectivity index (χ1) is 11.6. The van der Waals surface area contributed by atoms with Crippen LogP contribution < -0.4 is 15.5 Å². The minimum Gasteiger partial charge on any atom is -0.497 e.